The molecular weight excluding hydrogens is 358 g/mol. The van der Waals surface area contributed by atoms with Gasteiger partial charge in [-0.25, -0.2) is 4.98 Å². The smallest absolute Gasteiger partial charge is 0.224 e. The van der Waals surface area contributed by atoms with Crippen molar-refractivity contribution in [2.45, 2.75) is 20.3 Å². The number of nitrogens with one attached hydrogen (secondary N) is 1. The molecule has 0 unspecified atom stereocenters. The fourth-order valence-corrected chi connectivity index (χ4v) is 3.77. The van der Waals surface area contributed by atoms with E-state index < -0.39 is 0 Å². The van der Waals surface area contributed by atoms with E-state index in [0.717, 1.165) is 56.6 Å². The fourth-order valence-electron chi connectivity index (χ4n) is 3.77. The molecule has 1 fully saturated rings. The van der Waals surface area contributed by atoms with Gasteiger partial charge in [-0.1, -0.05) is 42.5 Å². The lowest BCUT2D eigenvalue weighted by molar-refractivity contribution is 0.646. The third-order valence-electron chi connectivity index (χ3n) is 5.35. The van der Waals surface area contributed by atoms with Gasteiger partial charge >= 0.3 is 0 Å². The topological polar surface area (TPSA) is 44.3 Å². The number of aromatic nitrogens is 2. The Morgan fingerprint density at radius 2 is 1.59 bits per heavy atom. The van der Waals surface area contributed by atoms with Gasteiger partial charge in [-0.05, 0) is 43.5 Å². The SMILES string of the molecule is Cc1cccc(N2CCN(c3cc(C)nc(NCCc4ccccc4)n3)CC2)c1. The maximum Gasteiger partial charge on any atom is 0.224 e. The molecule has 0 spiro atoms. The van der Waals surface area contributed by atoms with Gasteiger partial charge in [-0.15, -0.1) is 0 Å². The van der Waals surface area contributed by atoms with Crippen molar-refractivity contribution in [3.63, 3.8) is 0 Å². The Bertz CT molecular complexity index is 933. The molecule has 0 bridgehead atoms. The molecule has 5 nitrogen and oxygen atoms in total. The summed E-state index contributed by atoms with van der Waals surface area (Å²) in [6, 6.07) is 21.3. The van der Waals surface area contributed by atoms with Gasteiger partial charge in [0, 0.05) is 50.2 Å². The molecule has 150 valence electrons. The predicted octanol–water partition coefficient (Wildman–Crippen LogP) is 4.07. The van der Waals surface area contributed by atoms with Crippen molar-refractivity contribution in [2.75, 3.05) is 47.8 Å². The summed E-state index contributed by atoms with van der Waals surface area (Å²) in [6.45, 7) is 8.95. The number of piperazine rings is 1. The number of aryl methyl sites for hydroxylation is 2. The van der Waals surface area contributed by atoms with E-state index in [0.29, 0.717) is 0 Å². The van der Waals surface area contributed by atoms with Crippen molar-refractivity contribution < 1.29 is 0 Å². The highest BCUT2D eigenvalue weighted by Gasteiger charge is 2.19. The first kappa shape index (κ1) is 19.2. The van der Waals surface area contributed by atoms with Crippen molar-refractivity contribution in [3.05, 3.63) is 77.5 Å². The monoisotopic (exact) mass is 387 g/mol. The Labute approximate surface area is 173 Å². The highest BCUT2D eigenvalue weighted by Crippen LogP contribution is 2.21. The average molecular weight is 388 g/mol. The van der Waals surface area contributed by atoms with Crippen LogP contribution in [0.2, 0.25) is 0 Å². The van der Waals surface area contributed by atoms with E-state index in [9.17, 15) is 0 Å². The lowest BCUT2D eigenvalue weighted by Crippen LogP contribution is -2.47. The van der Waals surface area contributed by atoms with Gasteiger partial charge in [0.1, 0.15) is 5.82 Å². The first-order valence-electron chi connectivity index (χ1n) is 10.4. The zero-order valence-electron chi connectivity index (χ0n) is 17.3. The van der Waals surface area contributed by atoms with Crippen molar-refractivity contribution in [1.82, 2.24) is 9.97 Å². The van der Waals surface area contributed by atoms with E-state index in [1.807, 2.05) is 13.0 Å². The van der Waals surface area contributed by atoms with Crippen LogP contribution >= 0.6 is 0 Å². The molecule has 0 radical (unpaired) electrons. The summed E-state index contributed by atoms with van der Waals surface area (Å²) in [5.41, 5.74) is 4.94. The average Bonchev–Trinajstić information content (AvgIpc) is 2.74. The molecule has 1 N–H and O–H groups in total. The number of rotatable bonds is 6. The predicted molar refractivity (Wildman–Crippen MR) is 121 cm³/mol. The highest BCUT2D eigenvalue weighted by atomic mass is 15.3. The van der Waals surface area contributed by atoms with Crippen LogP contribution in [0.15, 0.2) is 60.7 Å². The minimum Gasteiger partial charge on any atom is -0.368 e. The summed E-state index contributed by atoms with van der Waals surface area (Å²) >= 11 is 0. The van der Waals surface area contributed by atoms with Crippen molar-refractivity contribution in [1.29, 1.82) is 0 Å². The van der Waals surface area contributed by atoms with Crippen molar-refractivity contribution in [3.8, 4) is 0 Å². The second-order valence-corrected chi connectivity index (χ2v) is 7.67. The fraction of sp³-hybridized carbons (Fsp3) is 0.333. The lowest BCUT2D eigenvalue weighted by atomic mass is 10.1. The molecular formula is C24H29N5. The van der Waals surface area contributed by atoms with Gasteiger partial charge < -0.3 is 15.1 Å². The summed E-state index contributed by atoms with van der Waals surface area (Å²) in [7, 11) is 0. The number of hydrogen-bond donors (Lipinski definition) is 1. The Balaban J connectivity index is 1.36. The van der Waals surface area contributed by atoms with Gasteiger partial charge in [-0.2, -0.15) is 4.98 Å². The summed E-state index contributed by atoms with van der Waals surface area (Å²) < 4.78 is 0. The van der Waals surface area contributed by atoms with Crippen LogP contribution in [0.3, 0.4) is 0 Å². The maximum absolute atomic E-state index is 4.79. The van der Waals surface area contributed by atoms with E-state index in [1.165, 1.54) is 16.8 Å². The molecule has 1 aromatic heterocycles. The van der Waals surface area contributed by atoms with Crippen LogP contribution in [0.4, 0.5) is 17.5 Å². The number of benzene rings is 2. The highest BCUT2D eigenvalue weighted by molar-refractivity contribution is 5.52. The van der Waals surface area contributed by atoms with Gasteiger partial charge in [-0.3, -0.25) is 0 Å². The van der Waals surface area contributed by atoms with E-state index in [-0.39, 0.29) is 0 Å². The van der Waals surface area contributed by atoms with Crippen LogP contribution in [0.1, 0.15) is 16.8 Å². The Morgan fingerprint density at radius 1 is 0.828 bits per heavy atom. The Morgan fingerprint density at radius 3 is 2.34 bits per heavy atom. The van der Waals surface area contributed by atoms with Crippen LogP contribution in [0.25, 0.3) is 0 Å². The van der Waals surface area contributed by atoms with Gasteiger partial charge in [0.25, 0.3) is 0 Å². The minimum atomic E-state index is 0.719. The van der Waals surface area contributed by atoms with E-state index in [4.69, 9.17) is 4.98 Å². The first-order valence-corrected chi connectivity index (χ1v) is 10.4. The first-order chi connectivity index (χ1) is 14.2. The van der Waals surface area contributed by atoms with Crippen LogP contribution in [0.5, 0.6) is 0 Å². The van der Waals surface area contributed by atoms with Crippen LogP contribution in [-0.4, -0.2) is 42.7 Å². The maximum atomic E-state index is 4.79. The largest absolute Gasteiger partial charge is 0.368 e. The van der Waals surface area contributed by atoms with Gasteiger partial charge in [0.05, 0.1) is 0 Å². The van der Waals surface area contributed by atoms with Crippen molar-refractivity contribution >= 4 is 17.5 Å². The number of anilines is 3. The zero-order chi connectivity index (χ0) is 20.1. The van der Waals surface area contributed by atoms with E-state index in [2.05, 4.69) is 81.6 Å². The molecule has 2 heterocycles. The van der Waals surface area contributed by atoms with Crippen molar-refractivity contribution in [2.24, 2.45) is 0 Å². The summed E-state index contributed by atoms with van der Waals surface area (Å²) in [5.74, 6) is 1.74. The Hall–Kier alpha value is -3.08. The quantitative estimate of drug-likeness (QED) is 0.691. The molecule has 0 aliphatic carbocycles. The summed E-state index contributed by atoms with van der Waals surface area (Å²) in [6.07, 6.45) is 0.961. The number of nitrogens with zero attached hydrogens (tertiary/aromatic N) is 4. The minimum absolute atomic E-state index is 0.719. The lowest BCUT2D eigenvalue weighted by Gasteiger charge is -2.37. The molecule has 0 saturated carbocycles. The van der Waals surface area contributed by atoms with E-state index in [1.54, 1.807) is 0 Å². The standard InChI is InChI=1S/C24H29N5/c1-19-7-6-10-22(17-19)28-13-15-29(16-14-28)23-18-20(2)26-24(27-23)25-12-11-21-8-4-3-5-9-21/h3-10,17-18H,11-16H2,1-2H3,(H,25,26,27). The zero-order valence-corrected chi connectivity index (χ0v) is 17.3. The van der Waals surface area contributed by atoms with Crippen LogP contribution < -0.4 is 15.1 Å². The second kappa shape index (κ2) is 8.95. The molecule has 1 aliphatic rings. The summed E-state index contributed by atoms with van der Waals surface area (Å²) in [4.78, 5) is 14.2. The molecule has 4 rings (SSSR count). The third-order valence-corrected chi connectivity index (χ3v) is 5.35. The molecule has 5 heteroatoms. The second-order valence-electron chi connectivity index (χ2n) is 7.67. The Kier molecular flexibility index (Phi) is 5.94. The molecule has 0 amide bonds. The summed E-state index contributed by atoms with van der Waals surface area (Å²) in [5, 5.41) is 3.40. The third kappa shape index (κ3) is 5.05. The number of hydrogen-bond acceptors (Lipinski definition) is 5. The van der Waals surface area contributed by atoms with E-state index >= 15 is 0 Å². The van der Waals surface area contributed by atoms with Gasteiger partial charge in [0.15, 0.2) is 0 Å². The molecule has 2 aromatic carbocycles. The van der Waals surface area contributed by atoms with Gasteiger partial charge in [0.2, 0.25) is 5.95 Å². The molecule has 3 aromatic rings. The molecule has 1 aliphatic heterocycles. The van der Waals surface area contributed by atoms with Crippen LogP contribution in [-0.2, 0) is 6.42 Å². The normalized spacial score (nSPS) is 14.1. The molecule has 0 atom stereocenters. The molecule has 29 heavy (non-hydrogen) atoms. The van der Waals surface area contributed by atoms with Crippen LogP contribution in [0, 0.1) is 13.8 Å². The molecule has 1 saturated heterocycles.